The van der Waals surface area contributed by atoms with Gasteiger partial charge in [0.25, 0.3) is 0 Å². The molecular formula is C22H23ClN2O5S. The molecule has 0 bridgehead atoms. The number of halogens is 1. The number of nitrogens with zero attached hydrogens (tertiary/aromatic N) is 1. The highest BCUT2D eigenvalue weighted by molar-refractivity contribution is 7.89. The first-order valence-electron chi connectivity index (χ1n) is 9.56. The van der Waals surface area contributed by atoms with Gasteiger partial charge in [0.1, 0.15) is 11.5 Å². The summed E-state index contributed by atoms with van der Waals surface area (Å²) >= 11 is 5.88. The highest BCUT2D eigenvalue weighted by Crippen LogP contribution is 2.21. The second-order valence-electron chi connectivity index (χ2n) is 6.75. The van der Waals surface area contributed by atoms with Crippen LogP contribution in [0.5, 0.6) is 5.75 Å². The Labute approximate surface area is 186 Å². The fourth-order valence-electron chi connectivity index (χ4n) is 2.91. The minimum Gasteiger partial charge on any atom is -0.497 e. The van der Waals surface area contributed by atoms with E-state index >= 15 is 0 Å². The van der Waals surface area contributed by atoms with Gasteiger partial charge in [0.2, 0.25) is 15.9 Å². The fraction of sp³-hybridized carbons (Fsp3) is 0.227. The van der Waals surface area contributed by atoms with Crippen LogP contribution in [-0.4, -0.2) is 38.8 Å². The van der Waals surface area contributed by atoms with Crippen LogP contribution in [0.3, 0.4) is 0 Å². The molecule has 0 unspecified atom stereocenters. The Kier molecular flexibility index (Phi) is 7.73. The molecule has 0 aliphatic heterocycles. The van der Waals surface area contributed by atoms with Gasteiger partial charge in [0, 0.05) is 11.6 Å². The largest absolute Gasteiger partial charge is 0.497 e. The number of amides is 1. The van der Waals surface area contributed by atoms with Gasteiger partial charge in [0.05, 0.1) is 31.4 Å². The summed E-state index contributed by atoms with van der Waals surface area (Å²) in [7, 11) is -2.44. The van der Waals surface area contributed by atoms with E-state index in [9.17, 15) is 13.2 Å². The summed E-state index contributed by atoms with van der Waals surface area (Å²) in [6, 6.07) is 16.7. The molecule has 2 aromatic carbocycles. The van der Waals surface area contributed by atoms with Gasteiger partial charge in [-0.2, -0.15) is 4.31 Å². The van der Waals surface area contributed by atoms with Gasteiger partial charge in [-0.15, -0.1) is 0 Å². The number of benzene rings is 2. The maximum Gasteiger partial charge on any atom is 0.243 e. The summed E-state index contributed by atoms with van der Waals surface area (Å²) in [6.07, 6.45) is 2.06. The smallest absolute Gasteiger partial charge is 0.243 e. The van der Waals surface area contributed by atoms with E-state index < -0.39 is 15.9 Å². The fourth-order valence-corrected chi connectivity index (χ4v) is 4.40. The molecular weight excluding hydrogens is 440 g/mol. The predicted octanol–water partition coefficient (Wildman–Crippen LogP) is 3.49. The molecule has 0 radical (unpaired) electrons. The van der Waals surface area contributed by atoms with Crippen molar-refractivity contribution in [2.24, 2.45) is 0 Å². The van der Waals surface area contributed by atoms with Gasteiger partial charge in [-0.1, -0.05) is 23.7 Å². The van der Waals surface area contributed by atoms with E-state index in [0.717, 1.165) is 9.87 Å². The van der Waals surface area contributed by atoms with E-state index in [4.69, 9.17) is 20.8 Å². The van der Waals surface area contributed by atoms with Crippen LogP contribution >= 0.6 is 11.6 Å². The third-order valence-electron chi connectivity index (χ3n) is 4.58. The highest BCUT2D eigenvalue weighted by atomic mass is 35.5. The minimum atomic E-state index is -3.94. The highest BCUT2D eigenvalue weighted by Gasteiger charge is 2.27. The summed E-state index contributed by atoms with van der Waals surface area (Å²) in [5, 5.41) is 3.41. The monoisotopic (exact) mass is 462 g/mol. The van der Waals surface area contributed by atoms with Crippen LogP contribution in [0.1, 0.15) is 11.3 Å². The van der Waals surface area contributed by atoms with Gasteiger partial charge in [-0.25, -0.2) is 8.42 Å². The standard InChI is InChI=1S/C22H23ClN2O5S/c1-29-19-8-10-21(11-9-19)31(27,28)25(15-20-3-2-14-30-20)16-22(26)24-13-12-17-4-6-18(23)7-5-17/h2-11,14H,12-13,15-16H2,1H3,(H,24,26). The van der Waals surface area contributed by atoms with Gasteiger partial charge >= 0.3 is 0 Å². The number of carbonyl (C=O) groups excluding carboxylic acids is 1. The number of methoxy groups -OCH3 is 1. The number of carbonyl (C=O) groups is 1. The lowest BCUT2D eigenvalue weighted by Crippen LogP contribution is -2.40. The average Bonchev–Trinajstić information content (AvgIpc) is 3.28. The van der Waals surface area contributed by atoms with Gasteiger partial charge in [0.15, 0.2) is 0 Å². The Bertz CT molecular complexity index is 1080. The van der Waals surface area contributed by atoms with Gasteiger partial charge < -0.3 is 14.5 Å². The molecule has 0 aliphatic carbocycles. The van der Waals surface area contributed by atoms with E-state index in [2.05, 4.69) is 5.32 Å². The third kappa shape index (κ3) is 6.33. The minimum absolute atomic E-state index is 0.0635. The van der Waals surface area contributed by atoms with Crippen LogP contribution in [0, 0.1) is 0 Å². The lowest BCUT2D eigenvalue weighted by atomic mass is 10.1. The zero-order chi connectivity index (χ0) is 22.3. The van der Waals surface area contributed by atoms with E-state index in [1.165, 1.54) is 25.5 Å². The zero-order valence-corrected chi connectivity index (χ0v) is 18.5. The van der Waals surface area contributed by atoms with Crippen LogP contribution in [0.4, 0.5) is 0 Å². The second-order valence-corrected chi connectivity index (χ2v) is 9.13. The van der Waals surface area contributed by atoms with Crippen LogP contribution < -0.4 is 10.1 Å². The molecule has 0 aliphatic rings. The zero-order valence-electron chi connectivity index (χ0n) is 17.0. The second kappa shape index (κ2) is 10.5. The summed E-state index contributed by atoms with van der Waals surface area (Å²) in [5.74, 6) is 0.570. The van der Waals surface area contributed by atoms with Crippen LogP contribution in [0.15, 0.2) is 76.2 Å². The molecule has 0 saturated carbocycles. The van der Waals surface area contributed by atoms with E-state index in [1.54, 1.807) is 36.4 Å². The Balaban J connectivity index is 1.68. The van der Waals surface area contributed by atoms with Crippen LogP contribution in [0.25, 0.3) is 0 Å². The number of rotatable bonds is 10. The van der Waals surface area contributed by atoms with Crippen molar-refractivity contribution in [2.75, 3.05) is 20.2 Å². The molecule has 9 heteroatoms. The summed E-state index contributed by atoms with van der Waals surface area (Å²) in [4.78, 5) is 12.6. The van der Waals surface area contributed by atoms with Crippen molar-refractivity contribution in [1.82, 2.24) is 9.62 Å². The number of sulfonamides is 1. The lowest BCUT2D eigenvalue weighted by molar-refractivity contribution is -0.121. The van der Waals surface area contributed by atoms with Crippen molar-refractivity contribution >= 4 is 27.5 Å². The topological polar surface area (TPSA) is 88.9 Å². The molecule has 1 aromatic heterocycles. The van der Waals surface area contributed by atoms with Crippen molar-refractivity contribution in [3.05, 3.63) is 83.3 Å². The van der Waals surface area contributed by atoms with Crippen molar-refractivity contribution in [3.8, 4) is 5.75 Å². The maximum atomic E-state index is 13.2. The Hall–Kier alpha value is -2.81. The van der Waals surface area contributed by atoms with Gasteiger partial charge in [-0.3, -0.25) is 4.79 Å². The normalized spacial score (nSPS) is 11.5. The summed E-state index contributed by atoms with van der Waals surface area (Å²) in [5.41, 5.74) is 1.02. The Morgan fingerprint density at radius 3 is 2.42 bits per heavy atom. The number of hydrogen-bond acceptors (Lipinski definition) is 5. The summed E-state index contributed by atoms with van der Waals surface area (Å²) < 4.78 is 37.8. The van der Waals surface area contributed by atoms with Gasteiger partial charge in [-0.05, 0) is 60.5 Å². The summed E-state index contributed by atoms with van der Waals surface area (Å²) in [6.45, 7) is -0.0285. The molecule has 0 fully saturated rings. The molecule has 3 rings (SSSR count). The average molecular weight is 463 g/mol. The molecule has 1 heterocycles. The molecule has 7 nitrogen and oxygen atoms in total. The maximum absolute atomic E-state index is 13.2. The number of furan rings is 1. The van der Waals surface area contributed by atoms with E-state index in [-0.39, 0.29) is 18.0 Å². The Morgan fingerprint density at radius 1 is 1.10 bits per heavy atom. The first kappa shape index (κ1) is 22.9. The van der Waals surface area contributed by atoms with Crippen molar-refractivity contribution in [1.29, 1.82) is 0 Å². The predicted molar refractivity (Wildman–Crippen MR) is 117 cm³/mol. The molecule has 1 amide bonds. The van der Waals surface area contributed by atoms with E-state index in [0.29, 0.717) is 29.5 Å². The van der Waals surface area contributed by atoms with E-state index in [1.807, 2.05) is 12.1 Å². The molecule has 1 N–H and O–H groups in total. The quantitative estimate of drug-likeness (QED) is 0.498. The SMILES string of the molecule is COc1ccc(S(=O)(=O)N(CC(=O)NCCc2ccc(Cl)cc2)Cc2ccco2)cc1. The number of nitrogens with one attached hydrogen (secondary N) is 1. The molecule has 31 heavy (non-hydrogen) atoms. The third-order valence-corrected chi connectivity index (χ3v) is 6.64. The van der Waals surface area contributed by atoms with Crippen molar-refractivity contribution in [2.45, 2.75) is 17.9 Å². The molecule has 0 saturated heterocycles. The first-order chi connectivity index (χ1) is 14.9. The number of ether oxygens (including phenoxy) is 1. The van der Waals surface area contributed by atoms with Crippen molar-refractivity contribution < 1.29 is 22.4 Å². The molecule has 3 aromatic rings. The van der Waals surface area contributed by atoms with Crippen LogP contribution in [-0.2, 0) is 27.8 Å². The lowest BCUT2D eigenvalue weighted by Gasteiger charge is -2.21. The molecule has 164 valence electrons. The number of hydrogen-bond donors (Lipinski definition) is 1. The molecule has 0 spiro atoms. The first-order valence-corrected chi connectivity index (χ1v) is 11.4. The van der Waals surface area contributed by atoms with Crippen LogP contribution in [0.2, 0.25) is 5.02 Å². The van der Waals surface area contributed by atoms with Crippen molar-refractivity contribution in [3.63, 3.8) is 0 Å². The Morgan fingerprint density at radius 2 is 1.81 bits per heavy atom. The molecule has 0 atom stereocenters.